The van der Waals surface area contributed by atoms with Crippen molar-refractivity contribution in [1.29, 1.82) is 0 Å². The normalized spacial score (nSPS) is 11.1. The summed E-state index contributed by atoms with van der Waals surface area (Å²) >= 11 is 12.2. The number of carbonyl (C=O) groups is 1. The first-order chi connectivity index (χ1) is 12.3. The molecule has 140 valence electrons. The third-order valence-electron chi connectivity index (χ3n) is 3.42. The summed E-state index contributed by atoms with van der Waals surface area (Å²) in [7, 11) is -2.79. The van der Waals surface area contributed by atoms with Gasteiger partial charge in [-0.2, -0.15) is 0 Å². The maximum atomic E-state index is 13.2. The van der Waals surface area contributed by atoms with Crippen LogP contribution in [0.4, 0.5) is 5.69 Å². The Hall–Kier alpha value is -1.96. The molecule has 0 radical (unpaired) electrons. The zero-order valence-electron chi connectivity index (χ0n) is 14.1. The van der Waals surface area contributed by atoms with Crippen LogP contribution in [0.5, 0.6) is 5.75 Å². The number of ether oxygens (including phenoxy) is 2. The molecule has 0 saturated carbocycles. The van der Waals surface area contributed by atoms with Crippen LogP contribution in [-0.2, 0) is 19.6 Å². The zero-order chi connectivity index (χ0) is 19.3. The minimum Gasteiger partial charge on any atom is -0.495 e. The molecule has 0 aliphatic heterocycles. The molecule has 2 aromatic rings. The smallest absolute Gasteiger partial charge is 0.326 e. The predicted octanol–water partition coefficient (Wildman–Crippen LogP) is 3.76. The first-order valence-corrected chi connectivity index (χ1v) is 9.78. The van der Waals surface area contributed by atoms with E-state index in [9.17, 15) is 13.2 Å². The number of hydrogen-bond acceptors (Lipinski definition) is 5. The van der Waals surface area contributed by atoms with Crippen molar-refractivity contribution in [2.45, 2.75) is 11.8 Å². The van der Waals surface area contributed by atoms with Crippen molar-refractivity contribution in [2.24, 2.45) is 0 Å². The highest BCUT2D eigenvalue weighted by molar-refractivity contribution is 7.93. The van der Waals surface area contributed by atoms with Gasteiger partial charge in [0.25, 0.3) is 10.0 Å². The maximum Gasteiger partial charge on any atom is 0.326 e. The average Bonchev–Trinajstić information content (AvgIpc) is 2.62. The van der Waals surface area contributed by atoms with Gasteiger partial charge in [-0.15, -0.1) is 0 Å². The van der Waals surface area contributed by atoms with Gasteiger partial charge >= 0.3 is 5.97 Å². The van der Waals surface area contributed by atoms with Crippen molar-refractivity contribution in [3.05, 3.63) is 52.5 Å². The first-order valence-electron chi connectivity index (χ1n) is 7.58. The van der Waals surface area contributed by atoms with Crippen molar-refractivity contribution in [2.75, 3.05) is 24.6 Å². The molecule has 0 atom stereocenters. The molecule has 0 fully saturated rings. The van der Waals surface area contributed by atoms with Crippen molar-refractivity contribution in [1.82, 2.24) is 0 Å². The minimum atomic E-state index is -4.19. The molecule has 2 aromatic carbocycles. The van der Waals surface area contributed by atoms with E-state index in [1.165, 1.54) is 19.2 Å². The van der Waals surface area contributed by atoms with Crippen molar-refractivity contribution in [3.8, 4) is 5.75 Å². The summed E-state index contributed by atoms with van der Waals surface area (Å²) in [5, 5.41) is -0.213. The van der Waals surface area contributed by atoms with Crippen molar-refractivity contribution in [3.63, 3.8) is 0 Å². The quantitative estimate of drug-likeness (QED) is 0.641. The SMILES string of the molecule is CCOC(=O)CN(c1ccccc1)S(=O)(=O)c1ccc(OC)c(Cl)c1Cl. The van der Waals surface area contributed by atoms with E-state index in [0.29, 0.717) is 5.69 Å². The third kappa shape index (κ3) is 4.23. The topological polar surface area (TPSA) is 72.9 Å². The van der Waals surface area contributed by atoms with Gasteiger partial charge in [0.2, 0.25) is 0 Å². The number of carbonyl (C=O) groups excluding carboxylic acids is 1. The van der Waals surface area contributed by atoms with Crippen LogP contribution >= 0.6 is 23.2 Å². The number of anilines is 1. The van der Waals surface area contributed by atoms with E-state index in [-0.39, 0.29) is 27.3 Å². The third-order valence-corrected chi connectivity index (χ3v) is 6.21. The first kappa shape index (κ1) is 20.4. The van der Waals surface area contributed by atoms with E-state index in [0.717, 1.165) is 4.31 Å². The molecule has 0 amide bonds. The van der Waals surface area contributed by atoms with E-state index in [1.54, 1.807) is 37.3 Å². The second-order valence-electron chi connectivity index (χ2n) is 5.05. The van der Waals surface area contributed by atoms with Crippen LogP contribution in [0.15, 0.2) is 47.4 Å². The van der Waals surface area contributed by atoms with Gasteiger partial charge < -0.3 is 9.47 Å². The molecule has 0 bridgehead atoms. The highest BCUT2D eigenvalue weighted by Crippen LogP contribution is 2.38. The molecule has 0 N–H and O–H groups in total. The van der Waals surface area contributed by atoms with E-state index < -0.39 is 22.5 Å². The lowest BCUT2D eigenvalue weighted by Gasteiger charge is -2.24. The highest BCUT2D eigenvalue weighted by atomic mass is 35.5. The molecule has 26 heavy (non-hydrogen) atoms. The van der Waals surface area contributed by atoms with Crippen LogP contribution < -0.4 is 9.04 Å². The number of benzene rings is 2. The van der Waals surface area contributed by atoms with E-state index >= 15 is 0 Å². The molecule has 6 nitrogen and oxygen atoms in total. The zero-order valence-corrected chi connectivity index (χ0v) is 16.4. The summed E-state index contributed by atoms with van der Waals surface area (Å²) in [6, 6.07) is 10.9. The number of esters is 1. The number of halogens is 2. The number of methoxy groups -OCH3 is 1. The minimum absolute atomic E-state index is 0.0283. The number of para-hydroxylation sites is 1. The van der Waals surface area contributed by atoms with Gasteiger partial charge in [-0.25, -0.2) is 8.42 Å². The summed E-state index contributed by atoms with van der Waals surface area (Å²) in [5.41, 5.74) is 0.295. The number of sulfonamides is 1. The van der Waals surface area contributed by atoms with Crippen LogP contribution in [-0.4, -0.2) is 34.6 Å². The molecule has 0 aromatic heterocycles. The van der Waals surface area contributed by atoms with Crippen LogP contribution in [0.25, 0.3) is 0 Å². The fourth-order valence-electron chi connectivity index (χ4n) is 2.22. The Balaban J connectivity index is 2.56. The highest BCUT2D eigenvalue weighted by Gasteiger charge is 2.31. The summed E-state index contributed by atoms with van der Waals surface area (Å²) in [5.74, 6) is -0.442. The van der Waals surface area contributed by atoms with E-state index in [1.807, 2.05) is 0 Å². The summed E-state index contributed by atoms with van der Waals surface area (Å²) in [4.78, 5) is 11.7. The number of rotatable bonds is 7. The standard InChI is InChI=1S/C17H17Cl2NO5S/c1-3-25-15(21)11-20(12-7-5-4-6-8-12)26(22,23)14-10-9-13(24-2)16(18)17(14)19/h4-10H,3,11H2,1-2H3. The fraction of sp³-hybridized carbons (Fsp3) is 0.235. The summed E-state index contributed by atoms with van der Waals surface area (Å²) in [6.07, 6.45) is 0. The molecule has 9 heteroatoms. The monoisotopic (exact) mass is 417 g/mol. The van der Waals surface area contributed by atoms with Gasteiger partial charge in [-0.1, -0.05) is 41.4 Å². The van der Waals surface area contributed by atoms with Gasteiger partial charge in [-0.3, -0.25) is 9.10 Å². The lowest BCUT2D eigenvalue weighted by molar-refractivity contribution is -0.141. The van der Waals surface area contributed by atoms with Gasteiger partial charge in [0.15, 0.2) is 0 Å². The largest absolute Gasteiger partial charge is 0.495 e. The lowest BCUT2D eigenvalue weighted by Crippen LogP contribution is -2.36. The van der Waals surface area contributed by atoms with Crippen LogP contribution in [0.3, 0.4) is 0 Å². The molecule has 0 spiro atoms. The van der Waals surface area contributed by atoms with Crippen molar-refractivity contribution >= 4 is 44.9 Å². The van der Waals surface area contributed by atoms with Gasteiger partial charge in [0, 0.05) is 0 Å². The summed E-state index contributed by atoms with van der Waals surface area (Å²) < 4.78 is 37.2. The molecule has 0 aliphatic carbocycles. The van der Waals surface area contributed by atoms with E-state index in [2.05, 4.69) is 0 Å². The Morgan fingerprint density at radius 1 is 1.08 bits per heavy atom. The predicted molar refractivity (Wildman–Crippen MR) is 101 cm³/mol. The number of hydrogen-bond donors (Lipinski definition) is 0. The fourth-order valence-corrected chi connectivity index (χ4v) is 4.45. The molecule has 0 heterocycles. The average molecular weight is 418 g/mol. The Morgan fingerprint density at radius 2 is 1.73 bits per heavy atom. The second-order valence-corrected chi connectivity index (χ2v) is 7.63. The van der Waals surface area contributed by atoms with Crippen LogP contribution in [0, 0.1) is 0 Å². The Labute approximate surface area is 162 Å². The molecular weight excluding hydrogens is 401 g/mol. The van der Waals surface area contributed by atoms with Gasteiger partial charge in [0.1, 0.15) is 22.2 Å². The van der Waals surface area contributed by atoms with Crippen molar-refractivity contribution < 1.29 is 22.7 Å². The lowest BCUT2D eigenvalue weighted by atomic mass is 10.3. The molecule has 2 rings (SSSR count). The van der Waals surface area contributed by atoms with Crippen LogP contribution in [0.2, 0.25) is 10.0 Å². The Bertz CT molecular complexity index is 888. The summed E-state index contributed by atoms with van der Waals surface area (Å²) in [6.45, 7) is 1.27. The molecule has 0 aliphatic rings. The van der Waals surface area contributed by atoms with E-state index in [4.69, 9.17) is 32.7 Å². The van der Waals surface area contributed by atoms with Crippen LogP contribution in [0.1, 0.15) is 6.92 Å². The number of nitrogens with zero attached hydrogens (tertiary/aromatic N) is 1. The maximum absolute atomic E-state index is 13.2. The Morgan fingerprint density at radius 3 is 2.31 bits per heavy atom. The molecule has 0 unspecified atom stereocenters. The molecule has 0 saturated heterocycles. The second kappa shape index (κ2) is 8.62. The van der Waals surface area contributed by atoms with Gasteiger partial charge in [-0.05, 0) is 31.2 Å². The molecular formula is C17H17Cl2NO5S. The van der Waals surface area contributed by atoms with Gasteiger partial charge in [0.05, 0.1) is 24.4 Å². The Kier molecular flexibility index (Phi) is 6.75.